The van der Waals surface area contributed by atoms with Gasteiger partial charge in [-0.15, -0.1) is 0 Å². The zero-order valence-electron chi connectivity index (χ0n) is 15.2. The van der Waals surface area contributed by atoms with Crippen molar-refractivity contribution in [1.82, 2.24) is 19.8 Å². The first-order valence-corrected chi connectivity index (χ1v) is 9.09. The maximum atomic E-state index is 13.2. The molecule has 0 saturated heterocycles. The molecule has 1 aliphatic heterocycles. The van der Waals surface area contributed by atoms with Crippen molar-refractivity contribution in [3.63, 3.8) is 0 Å². The number of rotatable bonds is 3. The number of imidazole rings is 1. The van der Waals surface area contributed by atoms with Crippen LogP contribution in [0.2, 0.25) is 0 Å². The van der Waals surface area contributed by atoms with Gasteiger partial charge in [-0.1, -0.05) is 37.3 Å². The molecule has 3 atom stereocenters. The smallest absolute Gasteiger partial charge is 0.227 e. The Bertz CT molecular complexity index is 831. The molecule has 1 fully saturated rings. The largest absolute Gasteiger partial charge is 0.350 e. The number of benzene rings is 1. The number of nitrogens with zero attached hydrogens (tertiary/aromatic N) is 3. The summed E-state index contributed by atoms with van der Waals surface area (Å²) in [7, 11) is 0. The van der Waals surface area contributed by atoms with Gasteiger partial charge in [-0.05, 0) is 12.0 Å². The number of hydrogen-bond donors (Lipinski definition) is 1. The normalized spacial score (nSPS) is 27.4. The molecule has 26 heavy (non-hydrogen) atoms. The molecule has 0 bridgehead atoms. The molecule has 1 N–H and O–H groups in total. The van der Waals surface area contributed by atoms with Crippen LogP contribution in [-0.2, 0) is 28.1 Å². The third kappa shape index (κ3) is 3.00. The van der Waals surface area contributed by atoms with Gasteiger partial charge in [0.05, 0.1) is 12.6 Å². The standard InChI is InChI=1S/C20H24N4O2/c1-14(25)22-16-11-23-9-8-21-18(23)13-24(12-16)19(26)17-10-20(17,2)15-6-4-3-5-7-15/h3-9,16-17H,10-13H2,1-2H3,(H,22,25). The zero-order valence-corrected chi connectivity index (χ0v) is 15.2. The van der Waals surface area contributed by atoms with Gasteiger partial charge in [-0.25, -0.2) is 4.98 Å². The summed E-state index contributed by atoms with van der Waals surface area (Å²) in [6.45, 7) is 5.32. The molecule has 1 aliphatic carbocycles. The van der Waals surface area contributed by atoms with Gasteiger partial charge in [0.15, 0.2) is 0 Å². The third-order valence-electron chi connectivity index (χ3n) is 5.68. The van der Waals surface area contributed by atoms with Gasteiger partial charge < -0.3 is 14.8 Å². The Hall–Kier alpha value is -2.63. The lowest BCUT2D eigenvalue weighted by Crippen LogP contribution is -2.45. The lowest BCUT2D eigenvalue weighted by molar-refractivity contribution is -0.134. The van der Waals surface area contributed by atoms with E-state index in [1.54, 1.807) is 6.20 Å². The SMILES string of the molecule is CC(=O)NC1CN(C(=O)C2CC2(C)c2ccccc2)Cc2nccn2C1. The van der Waals surface area contributed by atoms with Crippen molar-refractivity contribution in [2.24, 2.45) is 5.92 Å². The van der Waals surface area contributed by atoms with Gasteiger partial charge >= 0.3 is 0 Å². The number of carbonyl (C=O) groups excluding carboxylic acids is 2. The van der Waals surface area contributed by atoms with Crippen LogP contribution in [0.15, 0.2) is 42.7 Å². The minimum absolute atomic E-state index is 0.00982. The number of aromatic nitrogens is 2. The number of hydrogen-bond acceptors (Lipinski definition) is 3. The fraction of sp³-hybridized carbons (Fsp3) is 0.450. The molecule has 2 heterocycles. The Labute approximate surface area is 153 Å². The first-order chi connectivity index (χ1) is 12.5. The summed E-state index contributed by atoms with van der Waals surface area (Å²) in [5.74, 6) is 0.937. The number of amides is 2. The average molecular weight is 352 g/mol. The summed E-state index contributed by atoms with van der Waals surface area (Å²) in [6.07, 6.45) is 4.52. The van der Waals surface area contributed by atoms with Gasteiger partial charge in [0.25, 0.3) is 0 Å². The van der Waals surface area contributed by atoms with Crippen molar-refractivity contribution in [3.05, 3.63) is 54.1 Å². The first kappa shape index (κ1) is 16.8. The van der Waals surface area contributed by atoms with Crippen LogP contribution in [-0.4, -0.2) is 38.9 Å². The first-order valence-electron chi connectivity index (χ1n) is 9.09. The molecule has 136 valence electrons. The fourth-order valence-corrected chi connectivity index (χ4v) is 4.08. The van der Waals surface area contributed by atoms with E-state index in [1.807, 2.05) is 33.9 Å². The highest BCUT2D eigenvalue weighted by Gasteiger charge is 2.56. The van der Waals surface area contributed by atoms with Gasteiger partial charge in [0, 0.05) is 43.7 Å². The minimum atomic E-state index is -0.103. The van der Waals surface area contributed by atoms with Crippen LogP contribution in [0, 0.1) is 5.92 Å². The molecule has 1 aromatic carbocycles. The van der Waals surface area contributed by atoms with E-state index in [2.05, 4.69) is 29.4 Å². The van der Waals surface area contributed by atoms with Crippen molar-refractivity contribution in [3.8, 4) is 0 Å². The van der Waals surface area contributed by atoms with Crippen molar-refractivity contribution in [1.29, 1.82) is 0 Å². The van der Waals surface area contributed by atoms with Crippen LogP contribution < -0.4 is 5.32 Å². The Kier molecular flexibility index (Phi) is 4.05. The Morgan fingerprint density at radius 1 is 1.23 bits per heavy atom. The minimum Gasteiger partial charge on any atom is -0.350 e. The molecule has 6 nitrogen and oxygen atoms in total. The Morgan fingerprint density at radius 3 is 2.73 bits per heavy atom. The van der Waals surface area contributed by atoms with Gasteiger partial charge in [-0.3, -0.25) is 9.59 Å². The van der Waals surface area contributed by atoms with Crippen molar-refractivity contribution < 1.29 is 9.59 Å². The van der Waals surface area contributed by atoms with Crippen LogP contribution >= 0.6 is 0 Å². The van der Waals surface area contributed by atoms with E-state index >= 15 is 0 Å². The predicted octanol–water partition coefficient (Wildman–Crippen LogP) is 1.71. The van der Waals surface area contributed by atoms with E-state index in [9.17, 15) is 9.59 Å². The highest BCUT2D eigenvalue weighted by molar-refractivity contribution is 5.84. The average Bonchev–Trinajstić information content (AvgIpc) is 3.20. The second-order valence-electron chi connectivity index (χ2n) is 7.65. The van der Waals surface area contributed by atoms with Crippen LogP contribution in [0.5, 0.6) is 0 Å². The number of carbonyl (C=O) groups is 2. The van der Waals surface area contributed by atoms with Crippen LogP contribution in [0.4, 0.5) is 0 Å². The highest BCUT2D eigenvalue weighted by atomic mass is 16.2. The molecular weight excluding hydrogens is 328 g/mol. The second-order valence-corrected chi connectivity index (χ2v) is 7.65. The summed E-state index contributed by atoms with van der Waals surface area (Å²) in [5, 5.41) is 2.97. The monoisotopic (exact) mass is 352 g/mol. The molecule has 6 heteroatoms. The van der Waals surface area contributed by atoms with E-state index in [4.69, 9.17) is 0 Å². The van der Waals surface area contributed by atoms with Crippen LogP contribution in [0.1, 0.15) is 31.7 Å². The second kappa shape index (κ2) is 6.27. The Balaban J connectivity index is 1.55. The zero-order chi connectivity index (χ0) is 18.3. The predicted molar refractivity (Wildman–Crippen MR) is 97.1 cm³/mol. The van der Waals surface area contributed by atoms with Crippen LogP contribution in [0.25, 0.3) is 0 Å². The summed E-state index contributed by atoms with van der Waals surface area (Å²) < 4.78 is 2.02. The maximum Gasteiger partial charge on any atom is 0.227 e. The molecule has 2 amide bonds. The van der Waals surface area contributed by atoms with Crippen molar-refractivity contribution >= 4 is 11.8 Å². The van der Waals surface area contributed by atoms with E-state index in [-0.39, 0.29) is 29.2 Å². The summed E-state index contributed by atoms with van der Waals surface area (Å²) >= 11 is 0. The van der Waals surface area contributed by atoms with E-state index < -0.39 is 0 Å². The third-order valence-corrected chi connectivity index (χ3v) is 5.68. The van der Waals surface area contributed by atoms with Crippen LogP contribution in [0.3, 0.4) is 0 Å². The highest BCUT2D eigenvalue weighted by Crippen LogP contribution is 2.54. The van der Waals surface area contributed by atoms with E-state index in [1.165, 1.54) is 12.5 Å². The summed E-state index contributed by atoms with van der Waals surface area (Å²) in [6, 6.07) is 10.1. The molecule has 4 rings (SSSR count). The summed E-state index contributed by atoms with van der Waals surface area (Å²) in [5.41, 5.74) is 1.12. The maximum absolute atomic E-state index is 13.2. The lowest BCUT2D eigenvalue weighted by Gasteiger charge is -2.25. The molecule has 0 spiro atoms. The van der Waals surface area contributed by atoms with Gasteiger partial charge in [0.1, 0.15) is 5.82 Å². The van der Waals surface area contributed by atoms with Gasteiger partial charge in [-0.2, -0.15) is 0 Å². The van der Waals surface area contributed by atoms with Gasteiger partial charge in [0.2, 0.25) is 11.8 Å². The molecule has 2 aliphatic rings. The number of fused-ring (bicyclic) bond motifs is 1. The number of nitrogens with one attached hydrogen (secondary N) is 1. The fourth-order valence-electron chi connectivity index (χ4n) is 4.08. The van der Waals surface area contributed by atoms with Crippen molar-refractivity contribution in [2.75, 3.05) is 6.54 Å². The molecule has 0 radical (unpaired) electrons. The summed E-state index contributed by atoms with van der Waals surface area (Å²) in [4.78, 5) is 31.0. The Morgan fingerprint density at radius 2 is 2.00 bits per heavy atom. The quantitative estimate of drug-likeness (QED) is 0.914. The van der Waals surface area contributed by atoms with E-state index in [0.717, 1.165) is 12.2 Å². The lowest BCUT2D eigenvalue weighted by atomic mass is 9.95. The molecule has 3 unspecified atom stereocenters. The molecule has 1 aromatic heterocycles. The topological polar surface area (TPSA) is 67.2 Å². The van der Waals surface area contributed by atoms with E-state index in [0.29, 0.717) is 19.6 Å². The molecule has 1 saturated carbocycles. The molecular formula is C20H24N4O2. The van der Waals surface area contributed by atoms with Crippen molar-refractivity contribution in [2.45, 2.75) is 44.8 Å². The molecule has 2 aromatic rings.